The Hall–Kier alpha value is -3.99. The summed E-state index contributed by atoms with van der Waals surface area (Å²) in [4.78, 5) is 31.4. The van der Waals surface area contributed by atoms with Crippen LogP contribution in [0.1, 0.15) is 29.8 Å². The third-order valence-corrected chi connectivity index (χ3v) is 8.45. The van der Waals surface area contributed by atoms with Crippen LogP contribution in [0.3, 0.4) is 0 Å². The molecule has 0 spiro atoms. The second kappa shape index (κ2) is 10.7. The third-order valence-electron chi connectivity index (χ3n) is 8.21. The summed E-state index contributed by atoms with van der Waals surface area (Å²) in [5, 5.41) is 9.96. The van der Waals surface area contributed by atoms with Crippen LogP contribution in [-0.2, 0) is 10.5 Å². The number of likely N-dealkylation sites (N-methyl/N-ethyl adjacent to an activating group) is 1. The minimum atomic E-state index is -1.20. The van der Waals surface area contributed by atoms with Crippen molar-refractivity contribution in [3.8, 4) is 16.9 Å². The van der Waals surface area contributed by atoms with Gasteiger partial charge in [0.1, 0.15) is 28.8 Å². The number of benzene rings is 2. The molecule has 5 aromatic rings. The number of nitrogens with one attached hydrogen (secondary N) is 2. The summed E-state index contributed by atoms with van der Waals surface area (Å²) < 4.78 is 11.3. The van der Waals surface area contributed by atoms with E-state index in [0.717, 1.165) is 51.8 Å². The number of Topliss-reactive ketones (excluding diaryl/α,β-unsaturated/α-hetero) is 1. The molecule has 6 rings (SSSR count). The van der Waals surface area contributed by atoms with Crippen molar-refractivity contribution >= 4 is 45.1 Å². The Labute approximate surface area is 249 Å². The molecule has 1 aliphatic rings. The fourth-order valence-electron chi connectivity index (χ4n) is 6.13. The van der Waals surface area contributed by atoms with Gasteiger partial charge in [-0.15, -0.1) is 0 Å². The van der Waals surface area contributed by atoms with Gasteiger partial charge < -0.3 is 24.5 Å². The molecular formula is C31H34ClN7O3. The van der Waals surface area contributed by atoms with Crippen molar-refractivity contribution in [3.63, 3.8) is 0 Å². The Morgan fingerprint density at radius 1 is 1.12 bits per heavy atom. The van der Waals surface area contributed by atoms with Gasteiger partial charge in [0.25, 0.3) is 0 Å². The summed E-state index contributed by atoms with van der Waals surface area (Å²) in [6.45, 7) is 10.3. The number of carbonyl (C=O) groups excluding carboxylic acids is 1. The average molecular weight is 588 g/mol. The SMILES string of the molecule is COc1cc2c(cc1-c1c(C)noc1C)[nH]c1nc(C)nc(N[C@](C(C)=O)(c3cccc(Cl)c3)N3CCN(C)CC3)c12. The minimum Gasteiger partial charge on any atom is -0.496 e. The molecule has 1 fully saturated rings. The standard InChI is InChI=1S/C31H34ClN7O3/c1-17-27(18(2)42-37-17)24-15-25-23(16-26(24)41-6)28-29(35-25)33-20(4)34-30(28)36-31(19(3)40,21-8-7-9-22(32)14-21)39-12-10-38(5)11-13-39/h7-9,14-16H,10-13H2,1-6H3,(H2,33,34,35,36)/t31-/m0/s1. The van der Waals surface area contributed by atoms with Crippen LogP contribution in [0, 0.1) is 20.8 Å². The van der Waals surface area contributed by atoms with Crippen molar-refractivity contribution in [3.05, 3.63) is 64.3 Å². The van der Waals surface area contributed by atoms with Gasteiger partial charge in [0.05, 0.1) is 23.8 Å². The van der Waals surface area contributed by atoms with E-state index < -0.39 is 5.66 Å². The number of methoxy groups -OCH3 is 1. The highest BCUT2D eigenvalue weighted by atomic mass is 35.5. The zero-order valence-electron chi connectivity index (χ0n) is 24.6. The van der Waals surface area contributed by atoms with E-state index in [-0.39, 0.29) is 5.78 Å². The summed E-state index contributed by atoms with van der Waals surface area (Å²) in [6, 6.07) is 11.5. The smallest absolute Gasteiger partial charge is 0.178 e. The van der Waals surface area contributed by atoms with E-state index in [1.54, 1.807) is 14.0 Å². The molecule has 1 saturated heterocycles. The maximum atomic E-state index is 13.9. The first-order chi connectivity index (χ1) is 20.1. The van der Waals surface area contributed by atoms with Crippen LogP contribution in [0.2, 0.25) is 5.02 Å². The molecule has 0 bridgehead atoms. The van der Waals surface area contributed by atoms with E-state index in [2.05, 4.69) is 32.3 Å². The molecule has 1 atom stereocenters. The van der Waals surface area contributed by atoms with Crippen LogP contribution in [0.15, 0.2) is 40.9 Å². The number of ketones is 1. The quantitative estimate of drug-likeness (QED) is 0.256. The number of aromatic amines is 1. The number of aryl methyl sites for hydroxylation is 3. The molecule has 0 radical (unpaired) electrons. The van der Waals surface area contributed by atoms with Crippen molar-refractivity contribution < 1.29 is 14.1 Å². The van der Waals surface area contributed by atoms with Crippen LogP contribution in [-0.4, -0.2) is 76.0 Å². The predicted octanol–water partition coefficient (Wildman–Crippen LogP) is 5.45. The molecule has 0 saturated carbocycles. The molecule has 1 aliphatic heterocycles. The predicted molar refractivity (Wildman–Crippen MR) is 164 cm³/mol. The second-order valence-electron chi connectivity index (χ2n) is 11.0. The highest BCUT2D eigenvalue weighted by Crippen LogP contribution is 2.42. The van der Waals surface area contributed by atoms with Gasteiger partial charge >= 0.3 is 0 Å². The number of fused-ring (bicyclic) bond motifs is 3. The average Bonchev–Trinajstić information content (AvgIpc) is 3.48. The lowest BCUT2D eigenvalue weighted by molar-refractivity contribution is -0.129. The second-order valence-corrected chi connectivity index (χ2v) is 11.4. The first kappa shape index (κ1) is 28.1. The molecule has 11 heteroatoms. The number of anilines is 1. The lowest BCUT2D eigenvalue weighted by atomic mass is 9.91. The van der Waals surface area contributed by atoms with Gasteiger partial charge in [-0.3, -0.25) is 9.69 Å². The number of carbonyl (C=O) groups is 1. The molecule has 2 N–H and O–H groups in total. The van der Waals surface area contributed by atoms with Crippen molar-refractivity contribution in [2.24, 2.45) is 0 Å². The normalized spacial score (nSPS) is 16.2. The molecule has 2 aromatic carbocycles. The minimum absolute atomic E-state index is 0.0585. The zero-order chi connectivity index (χ0) is 29.8. The topological polar surface area (TPSA) is 112 Å². The molecular weight excluding hydrogens is 554 g/mol. The molecule has 0 amide bonds. The van der Waals surface area contributed by atoms with Gasteiger partial charge in [0.15, 0.2) is 11.4 Å². The first-order valence-electron chi connectivity index (χ1n) is 13.9. The number of hydrogen-bond acceptors (Lipinski definition) is 9. The first-order valence-corrected chi connectivity index (χ1v) is 14.3. The van der Waals surface area contributed by atoms with Crippen molar-refractivity contribution in [1.82, 2.24) is 29.9 Å². The van der Waals surface area contributed by atoms with Crippen LogP contribution >= 0.6 is 11.6 Å². The summed E-state index contributed by atoms with van der Waals surface area (Å²) in [5.74, 6) is 2.42. The van der Waals surface area contributed by atoms with Crippen molar-refractivity contribution in [2.75, 3.05) is 45.7 Å². The van der Waals surface area contributed by atoms with Crippen LogP contribution in [0.25, 0.3) is 33.1 Å². The number of hydrogen-bond donors (Lipinski definition) is 2. The molecule has 4 heterocycles. The Kier molecular flexibility index (Phi) is 7.16. The van der Waals surface area contributed by atoms with Crippen molar-refractivity contribution in [1.29, 1.82) is 0 Å². The zero-order valence-corrected chi connectivity index (χ0v) is 25.4. The molecule has 3 aromatic heterocycles. The summed E-state index contributed by atoms with van der Waals surface area (Å²) in [6.07, 6.45) is 0. The number of piperazine rings is 1. The Morgan fingerprint density at radius 2 is 1.88 bits per heavy atom. The number of nitrogens with zero attached hydrogens (tertiary/aromatic N) is 5. The van der Waals surface area contributed by atoms with Gasteiger partial charge in [-0.2, -0.15) is 0 Å². The molecule has 0 unspecified atom stereocenters. The number of halogens is 1. The Bertz CT molecular complexity index is 1800. The number of ether oxygens (including phenoxy) is 1. The fourth-order valence-corrected chi connectivity index (χ4v) is 6.32. The van der Waals surface area contributed by atoms with Gasteiger partial charge in [-0.1, -0.05) is 28.9 Å². The molecule has 10 nitrogen and oxygen atoms in total. The summed E-state index contributed by atoms with van der Waals surface area (Å²) in [7, 11) is 3.73. The lowest BCUT2D eigenvalue weighted by Crippen LogP contribution is -2.61. The van der Waals surface area contributed by atoms with E-state index >= 15 is 0 Å². The molecule has 42 heavy (non-hydrogen) atoms. The third kappa shape index (κ3) is 4.59. The van der Waals surface area contributed by atoms with E-state index in [1.807, 2.05) is 57.2 Å². The monoisotopic (exact) mass is 587 g/mol. The van der Waals surface area contributed by atoms with Crippen LogP contribution < -0.4 is 10.1 Å². The van der Waals surface area contributed by atoms with Gasteiger partial charge in [-0.25, -0.2) is 9.97 Å². The Balaban J connectivity index is 1.59. The van der Waals surface area contributed by atoms with Gasteiger partial charge in [-0.05, 0) is 59.0 Å². The van der Waals surface area contributed by atoms with E-state index in [4.69, 9.17) is 30.8 Å². The number of H-pyrrole nitrogens is 1. The van der Waals surface area contributed by atoms with E-state index in [0.29, 0.717) is 46.9 Å². The van der Waals surface area contributed by atoms with Crippen LogP contribution in [0.4, 0.5) is 5.82 Å². The maximum absolute atomic E-state index is 13.9. The largest absolute Gasteiger partial charge is 0.496 e. The highest BCUT2D eigenvalue weighted by Gasteiger charge is 2.45. The lowest BCUT2D eigenvalue weighted by Gasteiger charge is -2.46. The van der Waals surface area contributed by atoms with E-state index in [1.165, 1.54) is 0 Å². The fraction of sp³-hybridized carbons (Fsp3) is 0.355. The number of aromatic nitrogens is 4. The number of rotatable bonds is 7. The molecule has 218 valence electrons. The van der Waals surface area contributed by atoms with Crippen molar-refractivity contribution in [2.45, 2.75) is 33.4 Å². The molecule has 0 aliphatic carbocycles. The van der Waals surface area contributed by atoms with Gasteiger partial charge in [0.2, 0.25) is 0 Å². The highest BCUT2D eigenvalue weighted by molar-refractivity contribution is 6.30. The van der Waals surface area contributed by atoms with E-state index in [9.17, 15) is 4.79 Å². The summed E-state index contributed by atoms with van der Waals surface area (Å²) in [5.41, 5.74) is 3.58. The Morgan fingerprint density at radius 3 is 2.52 bits per heavy atom. The summed E-state index contributed by atoms with van der Waals surface area (Å²) >= 11 is 6.49. The van der Waals surface area contributed by atoms with Gasteiger partial charge in [0, 0.05) is 53.2 Å². The van der Waals surface area contributed by atoms with Crippen LogP contribution in [0.5, 0.6) is 5.75 Å². The maximum Gasteiger partial charge on any atom is 0.178 e.